The van der Waals surface area contributed by atoms with Crippen LogP contribution in [0.1, 0.15) is 54.2 Å². The SMILES string of the molecule is Cc1cc(C)c(C(=O)CN2CCC(C(C)(C)C)C2)c(C)c1. The molecule has 0 aromatic heterocycles. The van der Waals surface area contributed by atoms with E-state index in [2.05, 4.69) is 58.6 Å². The predicted octanol–water partition coefficient (Wildman–Crippen LogP) is 4.16. The van der Waals surface area contributed by atoms with Gasteiger partial charge in [0.05, 0.1) is 6.54 Å². The van der Waals surface area contributed by atoms with Crippen LogP contribution < -0.4 is 0 Å². The number of carbonyl (C=O) groups excluding carboxylic acids is 1. The van der Waals surface area contributed by atoms with Crippen molar-refractivity contribution >= 4 is 5.78 Å². The van der Waals surface area contributed by atoms with Gasteiger partial charge in [-0.2, -0.15) is 0 Å². The van der Waals surface area contributed by atoms with E-state index in [9.17, 15) is 4.79 Å². The maximum Gasteiger partial charge on any atom is 0.177 e. The molecule has 116 valence electrons. The van der Waals surface area contributed by atoms with Crippen molar-refractivity contribution in [3.05, 3.63) is 34.4 Å². The van der Waals surface area contributed by atoms with Gasteiger partial charge in [0.1, 0.15) is 0 Å². The van der Waals surface area contributed by atoms with Crippen molar-refractivity contribution in [2.75, 3.05) is 19.6 Å². The van der Waals surface area contributed by atoms with Gasteiger partial charge in [-0.1, -0.05) is 38.5 Å². The Morgan fingerprint density at radius 3 is 2.24 bits per heavy atom. The van der Waals surface area contributed by atoms with E-state index in [4.69, 9.17) is 0 Å². The number of carbonyl (C=O) groups is 1. The fourth-order valence-corrected chi connectivity index (χ4v) is 3.59. The van der Waals surface area contributed by atoms with Gasteiger partial charge in [-0.15, -0.1) is 0 Å². The Labute approximate surface area is 129 Å². The number of nitrogens with zero attached hydrogens (tertiary/aromatic N) is 1. The van der Waals surface area contributed by atoms with Crippen molar-refractivity contribution in [2.45, 2.75) is 48.0 Å². The van der Waals surface area contributed by atoms with Gasteiger partial charge in [0, 0.05) is 12.1 Å². The third-order valence-electron chi connectivity index (χ3n) is 4.82. The van der Waals surface area contributed by atoms with Gasteiger partial charge in [-0.3, -0.25) is 9.69 Å². The van der Waals surface area contributed by atoms with Crippen molar-refractivity contribution in [1.29, 1.82) is 0 Å². The van der Waals surface area contributed by atoms with Crippen LogP contribution in [0.2, 0.25) is 0 Å². The summed E-state index contributed by atoms with van der Waals surface area (Å²) in [5.41, 5.74) is 4.73. The maximum atomic E-state index is 12.7. The van der Waals surface area contributed by atoms with Crippen LogP contribution in [0.5, 0.6) is 0 Å². The first kappa shape index (κ1) is 16.2. The molecule has 21 heavy (non-hydrogen) atoms. The molecule has 1 aliphatic rings. The largest absolute Gasteiger partial charge is 0.295 e. The molecule has 1 aliphatic heterocycles. The Morgan fingerprint density at radius 1 is 1.19 bits per heavy atom. The summed E-state index contributed by atoms with van der Waals surface area (Å²) in [6, 6.07) is 4.23. The van der Waals surface area contributed by atoms with E-state index >= 15 is 0 Å². The quantitative estimate of drug-likeness (QED) is 0.778. The van der Waals surface area contributed by atoms with Gasteiger partial charge in [0.15, 0.2) is 5.78 Å². The number of hydrogen-bond donors (Lipinski definition) is 0. The van der Waals surface area contributed by atoms with Crippen LogP contribution in [-0.2, 0) is 0 Å². The summed E-state index contributed by atoms with van der Waals surface area (Å²) in [7, 11) is 0. The molecule has 0 N–H and O–H groups in total. The van der Waals surface area contributed by atoms with Gasteiger partial charge in [-0.25, -0.2) is 0 Å². The van der Waals surface area contributed by atoms with E-state index in [0.717, 1.165) is 29.8 Å². The molecule has 1 atom stereocenters. The van der Waals surface area contributed by atoms with Gasteiger partial charge < -0.3 is 0 Å². The molecule has 1 saturated heterocycles. The van der Waals surface area contributed by atoms with E-state index in [1.54, 1.807) is 0 Å². The molecule has 1 fully saturated rings. The molecule has 0 radical (unpaired) electrons. The first-order chi connectivity index (χ1) is 9.68. The first-order valence-electron chi connectivity index (χ1n) is 8.02. The molecule has 0 spiro atoms. The lowest BCUT2D eigenvalue weighted by Crippen LogP contribution is -2.30. The van der Waals surface area contributed by atoms with Gasteiger partial charge >= 0.3 is 0 Å². The van der Waals surface area contributed by atoms with Crippen LogP contribution in [0.25, 0.3) is 0 Å². The van der Waals surface area contributed by atoms with E-state index in [1.165, 1.54) is 12.0 Å². The summed E-state index contributed by atoms with van der Waals surface area (Å²) in [4.78, 5) is 15.0. The number of rotatable bonds is 3. The number of ketones is 1. The minimum atomic E-state index is 0.277. The lowest BCUT2D eigenvalue weighted by atomic mass is 9.80. The summed E-state index contributed by atoms with van der Waals surface area (Å²) in [6.45, 7) is 15.8. The molecule has 1 aromatic rings. The fraction of sp³-hybridized carbons (Fsp3) is 0.632. The Bertz CT molecular complexity index is 516. The first-order valence-corrected chi connectivity index (χ1v) is 8.02. The molecule has 2 nitrogen and oxygen atoms in total. The second-order valence-electron chi connectivity index (χ2n) is 7.78. The Morgan fingerprint density at radius 2 is 1.76 bits per heavy atom. The highest BCUT2D eigenvalue weighted by molar-refractivity contribution is 6.00. The van der Waals surface area contributed by atoms with Crippen LogP contribution >= 0.6 is 0 Å². The second kappa shape index (κ2) is 5.92. The molecule has 1 aromatic carbocycles. The molecule has 1 unspecified atom stereocenters. The van der Waals surface area contributed by atoms with Crippen LogP contribution in [0.3, 0.4) is 0 Å². The highest BCUT2D eigenvalue weighted by atomic mass is 16.1. The molecule has 0 amide bonds. The lowest BCUT2D eigenvalue weighted by molar-refractivity contribution is 0.0937. The molecular weight excluding hydrogens is 258 g/mol. The molecule has 1 heterocycles. The highest BCUT2D eigenvalue weighted by Crippen LogP contribution is 2.33. The predicted molar refractivity (Wildman–Crippen MR) is 89.0 cm³/mol. The zero-order valence-corrected chi connectivity index (χ0v) is 14.4. The van der Waals surface area contributed by atoms with E-state index in [1.807, 2.05) is 0 Å². The van der Waals surface area contributed by atoms with Crippen molar-refractivity contribution < 1.29 is 4.79 Å². The number of likely N-dealkylation sites (tertiary alicyclic amines) is 1. The Hall–Kier alpha value is -1.15. The summed E-state index contributed by atoms with van der Waals surface area (Å²) in [5, 5.41) is 0. The minimum Gasteiger partial charge on any atom is -0.295 e. The maximum absolute atomic E-state index is 12.7. The zero-order valence-electron chi connectivity index (χ0n) is 14.4. The average Bonchev–Trinajstić information content (AvgIpc) is 2.75. The van der Waals surface area contributed by atoms with Crippen molar-refractivity contribution in [3.8, 4) is 0 Å². The zero-order chi connectivity index (χ0) is 15.8. The molecule has 2 rings (SSSR count). The van der Waals surface area contributed by atoms with Crippen molar-refractivity contribution in [3.63, 3.8) is 0 Å². The van der Waals surface area contributed by atoms with Crippen LogP contribution in [0, 0.1) is 32.1 Å². The molecular formula is C19H29NO. The van der Waals surface area contributed by atoms with Crippen LogP contribution in [0.4, 0.5) is 0 Å². The van der Waals surface area contributed by atoms with Crippen molar-refractivity contribution in [2.24, 2.45) is 11.3 Å². The molecule has 0 saturated carbocycles. The third kappa shape index (κ3) is 3.74. The summed E-state index contributed by atoms with van der Waals surface area (Å²) in [5.74, 6) is 0.977. The topological polar surface area (TPSA) is 20.3 Å². The summed E-state index contributed by atoms with van der Waals surface area (Å²) < 4.78 is 0. The van der Waals surface area contributed by atoms with Gasteiger partial charge in [-0.05, 0) is 56.2 Å². The van der Waals surface area contributed by atoms with Crippen LogP contribution in [0.15, 0.2) is 12.1 Å². The standard InChI is InChI=1S/C19H29NO/c1-13-9-14(2)18(15(3)10-13)17(21)12-20-8-7-16(11-20)19(4,5)6/h9-10,16H,7-8,11-12H2,1-6H3. The van der Waals surface area contributed by atoms with Gasteiger partial charge in [0.25, 0.3) is 0 Å². The number of aryl methyl sites for hydroxylation is 3. The average molecular weight is 287 g/mol. The molecule has 2 heteroatoms. The second-order valence-corrected chi connectivity index (χ2v) is 7.78. The van der Waals surface area contributed by atoms with E-state index in [-0.39, 0.29) is 5.78 Å². The third-order valence-corrected chi connectivity index (χ3v) is 4.82. The van der Waals surface area contributed by atoms with Gasteiger partial charge in [0.2, 0.25) is 0 Å². The highest BCUT2D eigenvalue weighted by Gasteiger charge is 2.32. The number of hydrogen-bond acceptors (Lipinski definition) is 2. The number of Topliss-reactive ketones (excluding diaryl/α,β-unsaturated/α-hetero) is 1. The number of benzene rings is 1. The van der Waals surface area contributed by atoms with Crippen molar-refractivity contribution in [1.82, 2.24) is 4.90 Å². The summed E-state index contributed by atoms with van der Waals surface area (Å²) in [6.07, 6.45) is 1.21. The van der Waals surface area contributed by atoms with E-state index in [0.29, 0.717) is 17.9 Å². The van der Waals surface area contributed by atoms with E-state index < -0.39 is 0 Å². The Kier molecular flexibility index (Phi) is 4.57. The minimum absolute atomic E-state index is 0.277. The fourth-order valence-electron chi connectivity index (χ4n) is 3.59. The molecule has 0 aliphatic carbocycles. The smallest absolute Gasteiger partial charge is 0.177 e. The lowest BCUT2D eigenvalue weighted by Gasteiger charge is -2.27. The molecule has 0 bridgehead atoms. The normalized spacial score (nSPS) is 20.0. The Balaban J connectivity index is 2.07. The van der Waals surface area contributed by atoms with Crippen LogP contribution in [-0.4, -0.2) is 30.3 Å². The monoisotopic (exact) mass is 287 g/mol. The summed E-state index contributed by atoms with van der Waals surface area (Å²) >= 11 is 0.